The first kappa shape index (κ1) is 19.3. The second kappa shape index (κ2) is 7.12. The van der Waals surface area contributed by atoms with E-state index in [9.17, 15) is 18.0 Å². The van der Waals surface area contributed by atoms with Crippen LogP contribution >= 0.6 is 0 Å². The standard InChI is InChI=1S/C18H19F3N6O2/c1-3-11-8-14(18(19,20)21)27-15(22-11)9-12(23-27)13-6-4-5-7-26(13)17(28)16-10(2)24-29-25-16/h8-9,13H,3-7H2,1-2H3/t13-/m0/s1. The van der Waals surface area contributed by atoms with Crippen LogP contribution in [-0.2, 0) is 12.6 Å². The average molecular weight is 408 g/mol. The number of piperidine rings is 1. The fourth-order valence-electron chi connectivity index (χ4n) is 3.63. The van der Waals surface area contributed by atoms with E-state index >= 15 is 0 Å². The number of fused-ring (bicyclic) bond motifs is 1. The normalized spacial score (nSPS) is 17.8. The van der Waals surface area contributed by atoms with Crippen molar-refractivity contribution in [3.8, 4) is 0 Å². The second-order valence-electron chi connectivity index (χ2n) is 7.03. The highest BCUT2D eigenvalue weighted by Gasteiger charge is 2.37. The fraction of sp³-hybridized carbons (Fsp3) is 0.500. The van der Waals surface area contributed by atoms with Gasteiger partial charge in [-0.05, 0) is 43.8 Å². The third-order valence-corrected chi connectivity index (χ3v) is 5.11. The molecule has 0 radical (unpaired) electrons. The van der Waals surface area contributed by atoms with Crippen LogP contribution in [0.3, 0.4) is 0 Å². The molecule has 0 aromatic carbocycles. The molecule has 29 heavy (non-hydrogen) atoms. The molecular formula is C18H19F3N6O2. The Bertz CT molecular complexity index is 1060. The van der Waals surface area contributed by atoms with Crippen LogP contribution in [0.25, 0.3) is 5.65 Å². The van der Waals surface area contributed by atoms with Gasteiger partial charge in [-0.1, -0.05) is 12.1 Å². The monoisotopic (exact) mass is 408 g/mol. The Morgan fingerprint density at radius 1 is 1.28 bits per heavy atom. The number of nitrogens with zero attached hydrogens (tertiary/aromatic N) is 6. The zero-order chi connectivity index (χ0) is 20.8. The molecule has 4 heterocycles. The van der Waals surface area contributed by atoms with E-state index in [0.717, 1.165) is 23.4 Å². The molecule has 154 valence electrons. The van der Waals surface area contributed by atoms with Crippen LogP contribution in [0, 0.1) is 6.92 Å². The molecule has 3 aromatic rings. The number of likely N-dealkylation sites (tertiary alicyclic amines) is 1. The summed E-state index contributed by atoms with van der Waals surface area (Å²) >= 11 is 0. The maximum Gasteiger partial charge on any atom is 0.433 e. The minimum Gasteiger partial charge on any atom is -0.328 e. The van der Waals surface area contributed by atoms with Gasteiger partial charge in [0.1, 0.15) is 11.4 Å². The van der Waals surface area contributed by atoms with Crippen molar-refractivity contribution in [3.63, 3.8) is 0 Å². The van der Waals surface area contributed by atoms with Gasteiger partial charge in [-0.25, -0.2) is 14.1 Å². The molecule has 4 rings (SSSR count). The average Bonchev–Trinajstić information content (AvgIpc) is 3.31. The number of aromatic nitrogens is 5. The van der Waals surface area contributed by atoms with Crippen molar-refractivity contribution in [1.29, 1.82) is 0 Å². The van der Waals surface area contributed by atoms with Crippen molar-refractivity contribution in [2.24, 2.45) is 0 Å². The summed E-state index contributed by atoms with van der Waals surface area (Å²) in [4.78, 5) is 18.8. The first-order valence-electron chi connectivity index (χ1n) is 9.36. The number of hydrogen-bond donors (Lipinski definition) is 0. The van der Waals surface area contributed by atoms with Crippen molar-refractivity contribution in [3.05, 3.63) is 40.6 Å². The summed E-state index contributed by atoms with van der Waals surface area (Å²) in [6.45, 7) is 3.80. The molecule has 11 heteroatoms. The summed E-state index contributed by atoms with van der Waals surface area (Å²) in [6.07, 6.45) is -2.00. The molecule has 0 N–H and O–H groups in total. The Hall–Kier alpha value is -2.98. The predicted octanol–water partition coefficient (Wildman–Crippen LogP) is 3.37. The van der Waals surface area contributed by atoms with Crippen molar-refractivity contribution >= 4 is 11.6 Å². The van der Waals surface area contributed by atoms with Crippen molar-refractivity contribution in [1.82, 2.24) is 29.8 Å². The van der Waals surface area contributed by atoms with Gasteiger partial charge in [-0.15, -0.1) is 0 Å². The number of rotatable bonds is 3. The molecule has 0 aliphatic carbocycles. The van der Waals surface area contributed by atoms with E-state index in [1.54, 1.807) is 18.7 Å². The summed E-state index contributed by atoms with van der Waals surface area (Å²) in [5, 5.41) is 11.5. The van der Waals surface area contributed by atoms with Crippen LogP contribution in [-0.4, -0.2) is 42.3 Å². The van der Waals surface area contributed by atoms with E-state index in [2.05, 4.69) is 25.0 Å². The zero-order valence-electron chi connectivity index (χ0n) is 15.9. The summed E-state index contributed by atoms with van der Waals surface area (Å²) in [7, 11) is 0. The quantitative estimate of drug-likeness (QED) is 0.660. The van der Waals surface area contributed by atoms with Crippen molar-refractivity contribution in [2.75, 3.05) is 6.54 Å². The molecule has 0 unspecified atom stereocenters. The van der Waals surface area contributed by atoms with Gasteiger partial charge in [0.05, 0.1) is 11.7 Å². The summed E-state index contributed by atoms with van der Waals surface area (Å²) in [5.74, 6) is -0.372. The number of carbonyl (C=O) groups is 1. The summed E-state index contributed by atoms with van der Waals surface area (Å²) in [6, 6.07) is 2.07. The van der Waals surface area contributed by atoms with Gasteiger partial charge in [0.15, 0.2) is 11.3 Å². The van der Waals surface area contributed by atoms with Crippen molar-refractivity contribution < 1.29 is 22.6 Å². The lowest BCUT2D eigenvalue weighted by molar-refractivity contribution is -0.142. The molecule has 8 nitrogen and oxygen atoms in total. The molecular weight excluding hydrogens is 389 g/mol. The molecule has 1 atom stereocenters. The van der Waals surface area contributed by atoms with E-state index in [1.165, 1.54) is 6.07 Å². The Morgan fingerprint density at radius 3 is 2.72 bits per heavy atom. The number of hydrogen-bond acceptors (Lipinski definition) is 6. The maximum absolute atomic E-state index is 13.5. The van der Waals surface area contributed by atoms with Crippen LogP contribution in [0.15, 0.2) is 16.8 Å². The van der Waals surface area contributed by atoms with Gasteiger partial charge in [0.2, 0.25) is 0 Å². The SMILES string of the molecule is CCc1cc(C(F)(F)F)n2nc([C@@H]3CCCCN3C(=O)c3nonc3C)cc2n1. The molecule has 1 amide bonds. The summed E-state index contributed by atoms with van der Waals surface area (Å²) in [5.41, 5.74) is 0.404. The Kier molecular flexibility index (Phi) is 4.75. The molecule has 0 spiro atoms. The van der Waals surface area contributed by atoms with Crippen LogP contribution < -0.4 is 0 Å². The highest BCUT2D eigenvalue weighted by atomic mass is 19.4. The van der Waals surface area contributed by atoms with E-state index in [-0.39, 0.29) is 17.2 Å². The van der Waals surface area contributed by atoms with Gasteiger partial charge >= 0.3 is 6.18 Å². The molecule has 1 aliphatic rings. The van der Waals surface area contributed by atoms with Gasteiger partial charge in [0.25, 0.3) is 5.91 Å². The van der Waals surface area contributed by atoms with Crippen LogP contribution in [0.4, 0.5) is 13.2 Å². The molecule has 0 bridgehead atoms. The maximum atomic E-state index is 13.5. The largest absolute Gasteiger partial charge is 0.433 e. The lowest BCUT2D eigenvalue weighted by atomic mass is 9.99. The number of amides is 1. The van der Waals surface area contributed by atoms with Gasteiger partial charge in [0, 0.05) is 18.3 Å². The Labute approximate surface area is 163 Å². The first-order valence-corrected chi connectivity index (χ1v) is 9.36. The molecule has 1 fully saturated rings. The number of aryl methyl sites for hydroxylation is 2. The lowest BCUT2D eigenvalue weighted by Crippen LogP contribution is -2.39. The van der Waals surface area contributed by atoms with Gasteiger partial charge in [-0.3, -0.25) is 4.79 Å². The number of carbonyl (C=O) groups excluding carboxylic acids is 1. The van der Waals surface area contributed by atoms with Crippen LogP contribution in [0.5, 0.6) is 0 Å². The van der Waals surface area contributed by atoms with E-state index in [1.807, 2.05) is 0 Å². The fourth-order valence-corrected chi connectivity index (χ4v) is 3.63. The first-order chi connectivity index (χ1) is 13.8. The lowest BCUT2D eigenvalue weighted by Gasteiger charge is -2.34. The Balaban J connectivity index is 1.78. The van der Waals surface area contributed by atoms with Gasteiger partial charge < -0.3 is 4.90 Å². The smallest absolute Gasteiger partial charge is 0.328 e. The van der Waals surface area contributed by atoms with E-state index < -0.39 is 17.9 Å². The zero-order valence-corrected chi connectivity index (χ0v) is 15.9. The molecule has 3 aromatic heterocycles. The van der Waals surface area contributed by atoms with Crippen molar-refractivity contribution in [2.45, 2.75) is 51.7 Å². The number of alkyl halides is 3. The predicted molar refractivity (Wildman–Crippen MR) is 94.0 cm³/mol. The van der Waals surface area contributed by atoms with Crippen LogP contribution in [0.1, 0.15) is 65.5 Å². The minimum absolute atomic E-state index is 0.100. The third-order valence-electron chi connectivity index (χ3n) is 5.11. The molecule has 1 aliphatic heterocycles. The van der Waals surface area contributed by atoms with E-state index in [0.29, 0.717) is 36.5 Å². The topological polar surface area (TPSA) is 89.4 Å². The molecule has 0 saturated carbocycles. The highest BCUT2D eigenvalue weighted by Crippen LogP contribution is 2.34. The third kappa shape index (κ3) is 3.45. The Morgan fingerprint density at radius 2 is 2.07 bits per heavy atom. The minimum atomic E-state index is -4.57. The second-order valence-corrected chi connectivity index (χ2v) is 7.03. The van der Waals surface area contributed by atoms with Gasteiger partial charge in [-0.2, -0.15) is 18.3 Å². The van der Waals surface area contributed by atoms with Crippen LogP contribution in [0.2, 0.25) is 0 Å². The number of halogens is 3. The van der Waals surface area contributed by atoms with E-state index in [4.69, 9.17) is 0 Å². The molecule has 1 saturated heterocycles. The highest BCUT2D eigenvalue weighted by molar-refractivity contribution is 5.93. The summed E-state index contributed by atoms with van der Waals surface area (Å²) < 4.78 is 46.1.